The van der Waals surface area contributed by atoms with Crippen molar-refractivity contribution in [2.45, 2.75) is 14.7 Å². The van der Waals surface area contributed by atoms with Crippen molar-refractivity contribution in [3.63, 3.8) is 0 Å². The molecule has 17 nitrogen and oxygen atoms in total. The van der Waals surface area contributed by atoms with E-state index >= 15 is 0 Å². The molecule has 5 rings (SSSR count). The van der Waals surface area contributed by atoms with Gasteiger partial charge in [-0.25, -0.2) is 16.8 Å². The molecule has 0 aliphatic rings. The van der Waals surface area contributed by atoms with Crippen LogP contribution in [0, 0.1) is 0 Å². The third-order valence-corrected chi connectivity index (χ3v) is 9.18. The molecule has 0 spiro atoms. The van der Waals surface area contributed by atoms with Crippen molar-refractivity contribution >= 4 is 92.5 Å². The predicted octanol–water partition coefficient (Wildman–Crippen LogP) is -6.26. The predicted molar refractivity (Wildman–Crippen MR) is 155 cm³/mol. The molecular formula is C24H15ClN7Na3O10S3. The molecule has 1 heterocycles. The minimum atomic E-state index is -5.40. The standard InChI is InChI=1S/C24H18ClN7O10S3.3Na/c1-32(24-28-22(25)27-23(26)29-24)12-5-6-13-11(9-12)10-18(44(37,38)39)19(20(13)33)31-30-16-8-7-14-15(21(16)45(40,41)42)3-2-4-17(14)43(34,35)36;;;/h2-10,33H,1H3,(H,34,35,36)(H,37,38,39)(H,40,41,42)(H2,26,27,28,29);;;/q;3*+1/p-3. The maximum Gasteiger partial charge on any atom is 1.00 e. The average molecular weight is 762 g/mol. The van der Waals surface area contributed by atoms with Gasteiger partial charge in [-0.2, -0.15) is 23.4 Å². The molecule has 0 fully saturated rings. The first-order chi connectivity index (χ1) is 20.9. The van der Waals surface area contributed by atoms with Crippen LogP contribution >= 0.6 is 11.6 Å². The number of halogens is 1. The van der Waals surface area contributed by atoms with Crippen molar-refractivity contribution in [1.82, 2.24) is 15.0 Å². The molecule has 3 N–H and O–H groups in total. The first kappa shape index (κ1) is 42.6. The molecule has 0 atom stereocenters. The van der Waals surface area contributed by atoms with E-state index in [1.807, 2.05) is 0 Å². The topological polar surface area (TPSA) is 284 Å². The third-order valence-electron chi connectivity index (χ3n) is 6.32. The van der Waals surface area contributed by atoms with Gasteiger partial charge in [0.2, 0.25) is 17.2 Å². The minimum Gasteiger partial charge on any atom is -0.871 e. The number of hydrogen-bond acceptors (Lipinski definition) is 16. The van der Waals surface area contributed by atoms with E-state index in [1.165, 1.54) is 30.1 Å². The number of azo groups is 1. The van der Waals surface area contributed by atoms with Gasteiger partial charge in [-0.15, -0.1) is 10.2 Å². The fraction of sp³-hybridized carbons (Fsp3) is 0.0417. The van der Waals surface area contributed by atoms with Crippen molar-refractivity contribution in [1.29, 1.82) is 0 Å². The van der Waals surface area contributed by atoms with Crippen LogP contribution in [0.1, 0.15) is 0 Å². The second-order valence-corrected chi connectivity index (χ2v) is 13.5. The van der Waals surface area contributed by atoms with E-state index < -0.39 is 67.6 Å². The van der Waals surface area contributed by atoms with Crippen LogP contribution in [-0.4, -0.2) is 60.9 Å². The zero-order valence-corrected chi connectivity index (χ0v) is 34.4. The molecule has 48 heavy (non-hydrogen) atoms. The van der Waals surface area contributed by atoms with E-state index in [-0.39, 0.29) is 122 Å². The molecular weight excluding hydrogens is 747 g/mol. The van der Waals surface area contributed by atoms with Gasteiger partial charge in [-0.3, -0.25) is 4.55 Å². The Labute approximate surface area is 344 Å². The molecule has 234 valence electrons. The molecule has 0 radical (unpaired) electrons. The summed E-state index contributed by atoms with van der Waals surface area (Å²) in [5.41, 5.74) is 4.26. The van der Waals surface area contributed by atoms with Gasteiger partial charge in [0.05, 0.1) is 15.5 Å². The quantitative estimate of drug-likeness (QED) is 0.0886. The van der Waals surface area contributed by atoms with Crippen LogP contribution in [0.4, 0.5) is 29.0 Å². The van der Waals surface area contributed by atoms with Gasteiger partial charge in [0.25, 0.3) is 10.1 Å². The zero-order chi connectivity index (χ0) is 33.1. The van der Waals surface area contributed by atoms with Gasteiger partial charge in [-0.1, -0.05) is 30.0 Å². The fourth-order valence-corrected chi connectivity index (χ4v) is 6.73. The summed E-state index contributed by atoms with van der Waals surface area (Å²) in [5, 5.41) is 19.4. The molecule has 5 aromatic rings. The van der Waals surface area contributed by atoms with Crippen molar-refractivity contribution in [2.24, 2.45) is 10.2 Å². The van der Waals surface area contributed by atoms with Crippen molar-refractivity contribution in [3.8, 4) is 5.75 Å². The summed E-state index contributed by atoms with van der Waals surface area (Å²) >= 11 is 5.83. The molecule has 4 aromatic carbocycles. The Morgan fingerprint density at radius 3 is 2.02 bits per heavy atom. The summed E-state index contributed by atoms with van der Waals surface area (Å²) in [7, 11) is -14.2. The second-order valence-electron chi connectivity index (χ2n) is 9.13. The van der Waals surface area contributed by atoms with Crippen LogP contribution in [-0.2, 0) is 30.4 Å². The van der Waals surface area contributed by atoms with E-state index in [4.69, 9.17) is 17.3 Å². The van der Waals surface area contributed by atoms with Crippen LogP contribution in [0.5, 0.6) is 5.75 Å². The summed E-state index contributed by atoms with van der Waals surface area (Å²) in [6, 6.07) is 9.79. The number of rotatable bonds is 7. The minimum absolute atomic E-state index is 0. The fourth-order valence-electron chi connectivity index (χ4n) is 4.40. The molecule has 0 bridgehead atoms. The summed E-state index contributed by atoms with van der Waals surface area (Å²) < 4.78 is 106. The van der Waals surface area contributed by atoms with Crippen LogP contribution in [0.15, 0.2) is 79.5 Å². The molecule has 0 saturated heterocycles. The molecule has 0 aliphatic heterocycles. The van der Waals surface area contributed by atoms with Gasteiger partial charge in [0.1, 0.15) is 30.8 Å². The summed E-state index contributed by atoms with van der Waals surface area (Å²) in [4.78, 5) is 10.0. The van der Waals surface area contributed by atoms with Gasteiger partial charge in [0, 0.05) is 23.5 Å². The first-order valence-electron chi connectivity index (χ1n) is 11.9. The Morgan fingerprint density at radius 2 is 1.44 bits per heavy atom. The van der Waals surface area contributed by atoms with Gasteiger partial charge < -0.3 is 24.8 Å². The number of nitrogens with two attached hydrogens (primary N) is 1. The van der Waals surface area contributed by atoms with Gasteiger partial charge >= 0.3 is 88.7 Å². The summed E-state index contributed by atoms with van der Waals surface area (Å²) in [6.07, 6.45) is 0. The van der Waals surface area contributed by atoms with Crippen molar-refractivity contribution in [2.75, 3.05) is 17.7 Å². The molecule has 0 unspecified atom stereocenters. The van der Waals surface area contributed by atoms with Crippen LogP contribution < -0.4 is 104 Å². The van der Waals surface area contributed by atoms with Crippen LogP contribution in [0.3, 0.4) is 0 Å². The number of anilines is 3. The van der Waals surface area contributed by atoms with Crippen molar-refractivity contribution < 1.29 is 133 Å². The molecule has 0 saturated carbocycles. The van der Waals surface area contributed by atoms with E-state index in [1.54, 1.807) is 0 Å². The Bertz CT molecular complexity index is 2420. The Hall–Kier alpha value is -1.57. The summed E-state index contributed by atoms with van der Waals surface area (Å²) in [5.74, 6) is -1.27. The SMILES string of the molecule is CN(c1ccc2c([O-])c(N=Nc3ccc4c(S(=O)(=O)[O-])cccc4c3S(=O)(=O)O)c(S(=O)(=O)[O-])cc2c1)c1nc(N)nc(Cl)n1.[Na+].[Na+].[Na+]. The monoisotopic (exact) mass is 761 g/mol. The van der Waals surface area contributed by atoms with E-state index in [0.717, 1.165) is 36.4 Å². The Kier molecular flexibility index (Phi) is 14.0. The number of nitrogens with zero attached hydrogens (tertiary/aromatic N) is 6. The normalized spacial score (nSPS) is 11.9. The largest absolute Gasteiger partial charge is 1.00 e. The maximum absolute atomic E-state index is 13.4. The number of aromatic nitrogens is 3. The van der Waals surface area contributed by atoms with E-state index in [2.05, 4.69) is 25.2 Å². The molecule has 0 amide bonds. The van der Waals surface area contributed by atoms with Crippen molar-refractivity contribution in [3.05, 3.63) is 59.9 Å². The number of fused-ring (bicyclic) bond motifs is 2. The smallest absolute Gasteiger partial charge is 0.871 e. The maximum atomic E-state index is 13.4. The number of hydrogen-bond donors (Lipinski definition) is 2. The number of benzene rings is 4. The first-order valence-corrected chi connectivity index (χ1v) is 16.5. The molecule has 0 aliphatic carbocycles. The zero-order valence-electron chi connectivity index (χ0n) is 25.2. The van der Waals surface area contributed by atoms with E-state index in [9.17, 15) is 44.0 Å². The van der Waals surface area contributed by atoms with Gasteiger partial charge in [-0.05, 0) is 52.7 Å². The summed E-state index contributed by atoms with van der Waals surface area (Å²) in [6.45, 7) is 0. The molecule has 1 aromatic heterocycles. The van der Waals surface area contributed by atoms with Crippen LogP contribution in [0.25, 0.3) is 21.5 Å². The van der Waals surface area contributed by atoms with Crippen LogP contribution in [0.2, 0.25) is 5.28 Å². The van der Waals surface area contributed by atoms with Gasteiger partial charge in [0.15, 0.2) is 0 Å². The van der Waals surface area contributed by atoms with E-state index in [0.29, 0.717) is 5.69 Å². The number of nitrogen functional groups attached to an aromatic ring is 1. The third kappa shape index (κ3) is 8.83. The average Bonchev–Trinajstić information content (AvgIpc) is 2.93. The Balaban J connectivity index is 0.00000267. The molecule has 24 heteroatoms. The second kappa shape index (κ2) is 15.8. The Morgan fingerprint density at radius 1 is 0.812 bits per heavy atom.